The molecule has 0 unspecified atom stereocenters. The molecule has 14 rings (SSSR count). The maximum Gasteiger partial charge on any atom is 0.488 e. The van der Waals surface area contributed by atoms with Crippen LogP contribution in [0.3, 0.4) is 0 Å². The Balaban J connectivity index is 0.000000141. The SMILES string of the molecule is Brc1ccc2ccccc2c1-c1nc(-c2ccccc2)nc(-c2ccccc2)n1.N#Cc1ccc(-c2ccc(-c3ccc4ccccc4c3-c3nc(-c4ccccc4)nc(-c4ccccc4)n3)cc2)cc1.N#Cc1ccc(-c2ccc(B(O)O)cc2)cc1. The molecule has 10 nitrogen and oxygen atoms in total. The van der Waals surface area contributed by atoms with Gasteiger partial charge < -0.3 is 10.0 Å². The Hall–Kier alpha value is -11.4. The summed E-state index contributed by atoms with van der Waals surface area (Å²) in [6.07, 6.45) is 0. The highest BCUT2D eigenvalue weighted by Gasteiger charge is 2.20. The molecule has 0 aliphatic carbocycles. The molecule has 0 aliphatic rings. The fraction of sp³-hybridized carbons (Fsp3) is 0. The summed E-state index contributed by atoms with van der Waals surface area (Å²) < 4.78 is 0.959. The van der Waals surface area contributed by atoms with Crippen molar-refractivity contribution in [1.29, 1.82) is 10.5 Å². The van der Waals surface area contributed by atoms with Crippen LogP contribution >= 0.6 is 15.9 Å². The first-order chi connectivity index (χ1) is 43.3. The van der Waals surface area contributed by atoms with Crippen molar-refractivity contribution in [3.05, 3.63) is 307 Å². The lowest BCUT2D eigenvalue weighted by Gasteiger charge is -2.15. The molecule has 14 aromatic rings. The lowest BCUT2D eigenvalue weighted by molar-refractivity contribution is 0.426. The molecule has 0 saturated carbocycles. The Morgan fingerprint density at radius 3 is 0.977 bits per heavy atom. The van der Waals surface area contributed by atoms with Crippen LogP contribution in [0.1, 0.15) is 11.1 Å². The van der Waals surface area contributed by atoms with Crippen LogP contribution < -0.4 is 5.46 Å². The Morgan fingerprint density at radius 1 is 0.284 bits per heavy atom. The topological polar surface area (TPSA) is 165 Å². The molecular formula is C76H50BBrN8O2. The fourth-order valence-electron chi connectivity index (χ4n) is 10.2. The molecule has 0 fully saturated rings. The summed E-state index contributed by atoms with van der Waals surface area (Å²) in [6.45, 7) is 0. The van der Waals surface area contributed by atoms with E-state index in [4.69, 9.17) is 50.5 Å². The summed E-state index contributed by atoms with van der Waals surface area (Å²) in [7, 11) is -1.44. The number of hydrogen-bond donors (Lipinski definition) is 2. The van der Waals surface area contributed by atoms with Gasteiger partial charge in [0, 0.05) is 37.9 Å². The highest BCUT2D eigenvalue weighted by molar-refractivity contribution is 9.10. The van der Waals surface area contributed by atoms with Crippen molar-refractivity contribution in [2.24, 2.45) is 0 Å². The van der Waals surface area contributed by atoms with E-state index in [2.05, 4.69) is 107 Å². The minimum Gasteiger partial charge on any atom is -0.423 e. The lowest BCUT2D eigenvalue weighted by atomic mass is 9.80. The third-order valence-electron chi connectivity index (χ3n) is 14.8. The van der Waals surface area contributed by atoms with Gasteiger partial charge in [0.25, 0.3) is 0 Å². The van der Waals surface area contributed by atoms with Gasteiger partial charge in [0.1, 0.15) is 0 Å². The number of benzene rings is 12. The van der Waals surface area contributed by atoms with E-state index in [0.29, 0.717) is 51.5 Å². The minimum absolute atomic E-state index is 0.461. The Morgan fingerprint density at radius 2 is 0.591 bits per heavy atom. The van der Waals surface area contributed by atoms with Crippen LogP contribution in [0, 0.1) is 22.7 Å². The molecule has 2 N–H and O–H groups in total. The van der Waals surface area contributed by atoms with E-state index in [1.807, 2.05) is 188 Å². The van der Waals surface area contributed by atoms with Crippen molar-refractivity contribution in [2.75, 3.05) is 0 Å². The van der Waals surface area contributed by atoms with Crippen LogP contribution in [0.4, 0.5) is 0 Å². The van der Waals surface area contributed by atoms with E-state index in [0.717, 1.165) is 92.8 Å². The average Bonchev–Trinajstić information content (AvgIpc) is 1.90. The molecular weight excluding hydrogens is 1150 g/mol. The van der Waals surface area contributed by atoms with Gasteiger partial charge in [-0.15, -0.1) is 0 Å². The molecule has 0 bridgehead atoms. The van der Waals surface area contributed by atoms with E-state index >= 15 is 0 Å². The van der Waals surface area contributed by atoms with E-state index < -0.39 is 7.12 Å². The van der Waals surface area contributed by atoms with Gasteiger partial charge in [-0.05, 0) is 90.7 Å². The van der Waals surface area contributed by atoms with Crippen LogP contribution in [0.2, 0.25) is 0 Å². The monoisotopic (exact) mass is 1200 g/mol. The second-order valence-electron chi connectivity index (χ2n) is 20.4. The standard InChI is InChI=1S/C38H24N4.C25H16BrN3.C13H10BNO2/c39-25-26-15-17-27(18-16-26)28-19-21-30(22-20-28)34-24-23-29-9-7-8-14-33(29)35(34)38-41-36(31-10-3-1-4-11-31)40-37(42-38)32-12-5-2-6-13-32;26-21-16-15-17-9-7-8-14-20(17)22(21)25-28-23(18-10-3-1-4-11-18)27-24(29-25)19-12-5-2-6-13-19;15-9-10-1-3-11(4-2-10)12-5-7-13(8-6-12)14(16)17/h1-24H;1-16H;1-8,16-17H. The van der Waals surface area contributed by atoms with Crippen molar-refractivity contribution < 1.29 is 10.0 Å². The zero-order chi connectivity index (χ0) is 60.2. The van der Waals surface area contributed by atoms with E-state index in [1.165, 1.54) is 0 Å². The van der Waals surface area contributed by atoms with Gasteiger partial charge in [0.2, 0.25) is 0 Å². The van der Waals surface area contributed by atoms with Crippen molar-refractivity contribution in [1.82, 2.24) is 29.9 Å². The molecule has 0 radical (unpaired) electrons. The largest absolute Gasteiger partial charge is 0.488 e. The van der Waals surface area contributed by atoms with Crippen molar-refractivity contribution in [3.63, 3.8) is 0 Å². The molecule has 416 valence electrons. The average molecular weight is 1200 g/mol. The highest BCUT2D eigenvalue weighted by Crippen LogP contribution is 2.40. The summed E-state index contributed by atoms with van der Waals surface area (Å²) in [5.74, 6) is 3.87. The smallest absolute Gasteiger partial charge is 0.423 e. The number of halogens is 1. The normalized spacial score (nSPS) is 10.6. The quantitative estimate of drug-likeness (QED) is 0.126. The Bertz CT molecular complexity index is 4700. The predicted octanol–water partition coefficient (Wildman–Crippen LogP) is 16.9. The third-order valence-corrected chi connectivity index (χ3v) is 15.4. The predicted molar refractivity (Wildman–Crippen MR) is 357 cm³/mol. The summed E-state index contributed by atoms with van der Waals surface area (Å²) in [5.41, 5.74) is 13.7. The molecule has 2 aromatic heterocycles. The van der Waals surface area contributed by atoms with Crippen molar-refractivity contribution >= 4 is 50.1 Å². The number of nitriles is 2. The zero-order valence-corrected chi connectivity index (χ0v) is 48.7. The van der Waals surface area contributed by atoms with Crippen LogP contribution in [-0.2, 0) is 0 Å². The van der Waals surface area contributed by atoms with Gasteiger partial charge in [-0.25, -0.2) is 29.9 Å². The first-order valence-corrected chi connectivity index (χ1v) is 29.1. The van der Waals surface area contributed by atoms with Crippen molar-refractivity contribution in [3.8, 4) is 114 Å². The highest BCUT2D eigenvalue weighted by atomic mass is 79.9. The van der Waals surface area contributed by atoms with Gasteiger partial charge in [-0.3, -0.25) is 0 Å². The second-order valence-corrected chi connectivity index (χ2v) is 21.2. The summed E-state index contributed by atoms with van der Waals surface area (Å²) in [4.78, 5) is 29.5. The van der Waals surface area contributed by atoms with Gasteiger partial charge in [0.05, 0.1) is 23.3 Å². The number of fused-ring (bicyclic) bond motifs is 2. The summed E-state index contributed by atoms with van der Waals surface area (Å²) in [5, 5.41) is 40.2. The zero-order valence-electron chi connectivity index (χ0n) is 47.1. The van der Waals surface area contributed by atoms with Gasteiger partial charge >= 0.3 is 7.12 Å². The van der Waals surface area contributed by atoms with Gasteiger partial charge in [-0.1, -0.05) is 277 Å². The van der Waals surface area contributed by atoms with Crippen LogP contribution in [0.5, 0.6) is 0 Å². The van der Waals surface area contributed by atoms with Crippen LogP contribution in [-0.4, -0.2) is 47.1 Å². The second kappa shape index (κ2) is 26.7. The number of rotatable bonds is 10. The van der Waals surface area contributed by atoms with Crippen molar-refractivity contribution in [2.45, 2.75) is 0 Å². The lowest BCUT2D eigenvalue weighted by Crippen LogP contribution is -2.29. The summed E-state index contributed by atoms with van der Waals surface area (Å²) in [6, 6.07) is 99.8. The van der Waals surface area contributed by atoms with E-state index in [1.54, 1.807) is 24.3 Å². The van der Waals surface area contributed by atoms with Crippen LogP contribution in [0.25, 0.3) is 123 Å². The summed E-state index contributed by atoms with van der Waals surface area (Å²) >= 11 is 3.72. The van der Waals surface area contributed by atoms with Crippen LogP contribution in [0.15, 0.2) is 296 Å². The van der Waals surface area contributed by atoms with E-state index in [-0.39, 0.29) is 0 Å². The molecule has 0 atom stereocenters. The molecule has 2 heterocycles. The first-order valence-electron chi connectivity index (χ1n) is 28.3. The molecule has 12 aromatic carbocycles. The maximum absolute atomic E-state index is 9.16. The molecule has 0 spiro atoms. The molecule has 0 aliphatic heterocycles. The Labute approximate surface area is 518 Å². The molecule has 0 amide bonds. The van der Waals surface area contributed by atoms with Gasteiger partial charge in [0.15, 0.2) is 34.9 Å². The van der Waals surface area contributed by atoms with E-state index in [9.17, 15) is 0 Å². The number of aromatic nitrogens is 6. The fourth-order valence-corrected chi connectivity index (χ4v) is 10.8. The first kappa shape index (κ1) is 57.1. The molecule has 0 saturated heterocycles. The van der Waals surface area contributed by atoms with Gasteiger partial charge in [-0.2, -0.15) is 10.5 Å². The number of hydrogen-bond acceptors (Lipinski definition) is 10. The molecule has 12 heteroatoms. The minimum atomic E-state index is -1.44. The number of nitrogens with zero attached hydrogens (tertiary/aromatic N) is 8. The Kier molecular flexibility index (Phi) is 17.3. The maximum atomic E-state index is 9.16. The third kappa shape index (κ3) is 13.0. The molecule has 88 heavy (non-hydrogen) atoms.